The summed E-state index contributed by atoms with van der Waals surface area (Å²) in [6, 6.07) is 14.4. The second-order valence-electron chi connectivity index (χ2n) is 19.8. The van der Waals surface area contributed by atoms with Gasteiger partial charge in [0.1, 0.15) is 44.7 Å². The van der Waals surface area contributed by atoms with Gasteiger partial charge < -0.3 is 44.4 Å². The van der Waals surface area contributed by atoms with Gasteiger partial charge >= 0.3 is 18.0 Å². The third kappa shape index (κ3) is 9.71. The third-order valence-electron chi connectivity index (χ3n) is 15.8. The Morgan fingerprint density at radius 2 is 1.70 bits per heavy atom. The predicted octanol–water partition coefficient (Wildman–Crippen LogP) is 7.05. The first-order valence-corrected chi connectivity index (χ1v) is 25.3. The summed E-state index contributed by atoms with van der Waals surface area (Å²) in [5.41, 5.74) is -3.54. The van der Waals surface area contributed by atoms with Crippen molar-refractivity contribution in [2.24, 2.45) is 28.6 Å². The van der Waals surface area contributed by atoms with Crippen molar-refractivity contribution < 1.29 is 75.2 Å². The number of benzene rings is 2. The molecule has 74 heavy (non-hydrogen) atoms. The summed E-state index contributed by atoms with van der Waals surface area (Å²) in [4.78, 5) is 92.0. The van der Waals surface area contributed by atoms with Gasteiger partial charge in [-0.3, -0.25) is 24.0 Å². The van der Waals surface area contributed by atoms with Crippen LogP contribution in [0.1, 0.15) is 86.0 Å². The van der Waals surface area contributed by atoms with Crippen LogP contribution in [-0.2, 0) is 49.5 Å². The highest BCUT2D eigenvalue weighted by atomic mass is 32.2. The van der Waals surface area contributed by atoms with Crippen LogP contribution in [-0.4, -0.2) is 108 Å². The largest absolute Gasteiger partial charge is 0.461 e. The van der Waals surface area contributed by atoms with E-state index in [0.29, 0.717) is 0 Å². The highest BCUT2D eigenvalue weighted by Gasteiger charge is 2.78. The van der Waals surface area contributed by atoms with Crippen LogP contribution < -0.4 is 16.0 Å². The summed E-state index contributed by atoms with van der Waals surface area (Å²) in [5.74, 6) is -7.32. The first-order chi connectivity index (χ1) is 35.3. The van der Waals surface area contributed by atoms with E-state index in [2.05, 4.69) is 22.5 Å². The van der Waals surface area contributed by atoms with Gasteiger partial charge in [0.05, 0.1) is 19.0 Å². The fraction of sp³-hybridized carbons (Fsp3) is 0.463. The summed E-state index contributed by atoms with van der Waals surface area (Å²) in [7, 11) is 0. The Hall–Kier alpha value is -6.51. The maximum Gasteiger partial charge on any atom is 0.407 e. The first kappa shape index (κ1) is 53.8. The van der Waals surface area contributed by atoms with Crippen molar-refractivity contribution in [2.75, 3.05) is 32.5 Å². The third-order valence-corrected chi connectivity index (χ3v) is 16.4. The van der Waals surface area contributed by atoms with E-state index in [4.69, 9.17) is 23.4 Å². The molecule has 0 saturated heterocycles. The average Bonchev–Trinajstić information content (AvgIpc) is 4.05. The number of alkyl halides is 3. The van der Waals surface area contributed by atoms with Gasteiger partial charge in [0.15, 0.2) is 17.1 Å². The Morgan fingerprint density at radius 3 is 2.39 bits per heavy atom. The Morgan fingerprint density at radius 1 is 1.00 bits per heavy atom. The number of furan rings is 1. The SMILES string of the molecule is C=CCOC(=O)CC[C@H](NC(=O)CNC(=O)OCC1c2ccccc2-c2ccccc21)C(=O)NCOCc1coc(C(=O)O[C@]2(C(=O)SCF)[C@H](C)C[C@H]3[C@@H]4C[C@H](F)C5=CC(=O)C=C[C@]5(C)[C@@]4(F)[C@@H](O)C[C@@]32C)c1. The molecule has 4 N–H and O–H groups in total. The normalized spacial score (nSPS) is 28.7. The minimum atomic E-state index is -2.48. The summed E-state index contributed by atoms with van der Waals surface area (Å²) in [5, 5.41) is 18.4. The molecule has 20 heteroatoms. The van der Waals surface area contributed by atoms with E-state index in [1.54, 1.807) is 13.8 Å². The van der Waals surface area contributed by atoms with Crippen LogP contribution in [0, 0.1) is 28.6 Å². The number of alkyl carbamates (subject to hydrolysis) is 1. The number of allylic oxidation sites excluding steroid dienone is 4. The molecule has 3 aromatic rings. The van der Waals surface area contributed by atoms with Crippen LogP contribution in [0.15, 0.2) is 102 Å². The van der Waals surface area contributed by atoms with Gasteiger partial charge in [-0.05, 0) is 96.3 Å². The van der Waals surface area contributed by atoms with Gasteiger partial charge in [-0.2, -0.15) is 0 Å². The Balaban J connectivity index is 0.870. The van der Waals surface area contributed by atoms with Crippen LogP contribution in [0.25, 0.3) is 11.1 Å². The van der Waals surface area contributed by atoms with Crippen molar-refractivity contribution in [3.63, 3.8) is 0 Å². The lowest BCUT2D eigenvalue weighted by atomic mass is 9.44. The fourth-order valence-corrected chi connectivity index (χ4v) is 13.1. The van der Waals surface area contributed by atoms with Crippen LogP contribution in [0.3, 0.4) is 0 Å². The summed E-state index contributed by atoms with van der Waals surface area (Å²) >= 11 is 0.263. The van der Waals surface area contributed by atoms with Crippen molar-refractivity contribution >= 4 is 52.5 Å². The van der Waals surface area contributed by atoms with Crippen molar-refractivity contribution in [3.05, 3.63) is 120 Å². The molecular formula is C54H58F3N3O13S. The number of rotatable bonds is 19. The molecule has 0 spiro atoms. The van der Waals surface area contributed by atoms with Crippen molar-refractivity contribution in [3.8, 4) is 11.1 Å². The van der Waals surface area contributed by atoms with E-state index >= 15 is 8.78 Å². The number of amides is 3. The molecular weight excluding hydrogens is 988 g/mol. The van der Waals surface area contributed by atoms with Gasteiger partial charge in [0.2, 0.25) is 22.7 Å². The first-order valence-electron chi connectivity index (χ1n) is 24.3. The number of hydrogen-bond donors (Lipinski definition) is 4. The van der Waals surface area contributed by atoms with Crippen LogP contribution in [0.2, 0.25) is 0 Å². The number of ketones is 1. The van der Waals surface area contributed by atoms with E-state index in [-0.39, 0.29) is 73.7 Å². The van der Waals surface area contributed by atoms with Crippen molar-refractivity contribution in [1.82, 2.24) is 16.0 Å². The maximum atomic E-state index is 17.9. The molecule has 0 unspecified atom stereocenters. The van der Waals surface area contributed by atoms with Crippen molar-refractivity contribution in [2.45, 2.75) is 95.0 Å². The number of esters is 2. The zero-order valence-corrected chi connectivity index (χ0v) is 41.8. The van der Waals surface area contributed by atoms with E-state index in [0.717, 1.165) is 40.7 Å². The number of halogens is 3. The number of hydrogen-bond acceptors (Lipinski definition) is 14. The number of aliphatic hydroxyl groups excluding tert-OH is 1. The summed E-state index contributed by atoms with van der Waals surface area (Å²) in [6.07, 6.45) is 0.352. The molecule has 16 nitrogen and oxygen atoms in total. The number of carbonyl (C=O) groups excluding carboxylic acids is 7. The van der Waals surface area contributed by atoms with E-state index < -0.39 is 131 Å². The molecule has 10 atom stereocenters. The highest BCUT2D eigenvalue weighted by Crippen LogP contribution is 2.72. The molecule has 1 aromatic heterocycles. The summed E-state index contributed by atoms with van der Waals surface area (Å²) < 4.78 is 75.7. The molecule has 0 radical (unpaired) electrons. The molecule has 8 rings (SSSR count). The molecule has 3 amide bonds. The maximum absolute atomic E-state index is 17.9. The average molecular weight is 1050 g/mol. The number of aliphatic hydroxyl groups is 1. The van der Waals surface area contributed by atoms with E-state index in [1.807, 2.05) is 48.5 Å². The quantitative estimate of drug-likeness (QED) is 0.0311. The Bertz CT molecular complexity index is 2740. The zero-order chi connectivity index (χ0) is 53.2. The molecule has 3 fully saturated rings. The van der Waals surface area contributed by atoms with Gasteiger partial charge in [0.25, 0.3) is 0 Å². The molecule has 2 aromatic carbocycles. The number of thioether (sulfide) groups is 1. The standard InChI is InChI=1S/C54H58F3N3O13S/c1-5-18-70-46(64)15-14-42(60-45(63)24-58-50(68)72-27-37-35-12-8-6-10-33(35)34-11-7-9-13-36(34)37)47(65)59-29-69-25-31-20-43(71-26-31)48(66)73-54(49(67)74-28-55)30(2)19-38-39-22-41(56)40-21-32(61)16-17-51(40,3)53(39,57)44(62)23-52(38,54)4/h5-13,16-17,20-21,26,30,37-39,41-42,44,62H,1,14-15,18-19,22-25,27-29H2,2-4H3,(H,58,68)(H,59,65)(H,60,63)/t30-,38+,39+,41+,42+,44+,51+,52+,53+,54+/m1/s1. The number of fused-ring (bicyclic) bond motifs is 8. The predicted molar refractivity (Wildman–Crippen MR) is 262 cm³/mol. The van der Waals surface area contributed by atoms with Crippen LogP contribution in [0.4, 0.5) is 18.0 Å². The van der Waals surface area contributed by atoms with E-state index in [9.17, 15) is 43.1 Å². The summed E-state index contributed by atoms with van der Waals surface area (Å²) in [6.45, 7) is 6.79. The molecule has 3 saturated carbocycles. The Kier molecular flexibility index (Phi) is 15.8. The molecule has 5 aliphatic rings. The minimum Gasteiger partial charge on any atom is -0.461 e. The van der Waals surface area contributed by atoms with Crippen LogP contribution in [0.5, 0.6) is 0 Å². The van der Waals surface area contributed by atoms with Gasteiger partial charge in [-0.25, -0.2) is 22.8 Å². The lowest BCUT2D eigenvalue weighted by molar-refractivity contribution is -0.221. The number of carbonyl (C=O) groups is 7. The number of ether oxygens (including phenoxy) is 4. The minimum absolute atomic E-state index is 0.00798. The molecule has 394 valence electrons. The molecule has 5 aliphatic carbocycles. The molecule has 1 heterocycles. The molecule has 0 bridgehead atoms. The molecule has 0 aliphatic heterocycles. The second-order valence-corrected chi connectivity index (χ2v) is 20.7. The number of nitrogens with one attached hydrogen (secondary N) is 3. The van der Waals surface area contributed by atoms with Gasteiger partial charge in [-0.1, -0.05) is 81.1 Å². The van der Waals surface area contributed by atoms with Gasteiger partial charge in [-0.15, -0.1) is 0 Å². The lowest BCUT2D eigenvalue weighted by Crippen LogP contribution is -2.70. The van der Waals surface area contributed by atoms with E-state index in [1.165, 1.54) is 25.1 Å². The second kappa shape index (κ2) is 21.8. The topological polar surface area (TPSA) is 226 Å². The fourth-order valence-electron chi connectivity index (χ4n) is 12.3. The zero-order valence-electron chi connectivity index (χ0n) is 41.0. The van der Waals surface area contributed by atoms with Crippen LogP contribution >= 0.6 is 11.8 Å². The smallest absolute Gasteiger partial charge is 0.407 e. The van der Waals surface area contributed by atoms with Gasteiger partial charge in [0, 0.05) is 40.6 Å². The lowest BCUT2D eigenvalue weighted by Gasteiger charge is -2.63. The monoisotopic (exact) mass is 1050 g/mol. The van der Waals surface area contributed by atoms with Crippen molar-refractivity contribution in [1.29, 1.82) is 0 Å². The Labute approximate surface area is 429 Å². The highest BCUT2D eigenvalue weighted by molar-refractivity contribution is 8.13.